The van der Waals surface area contributed by atoms with Crippen LogP contribution in [-0.4, -0.2) is 42.5 Å². The van der Waals surface area contributed by atoms with E-state index in [-0.39, 0.29) is 23.8 Å². The first-order chi connectivity index (χ1) is 14.4. The van der Waals surface area contributed by atoms with Crippen LogP contribution >= 0.6 is 0 Å². The number of carbonyl (C=O) groups excluding carboxylic acids is 1. The SMILES string of the molecule is Cc1cccc(CN[C@@H]2C[C@@H](C(=O)NCCc3ccccc3F)N(CC(C)C)C2)c1. The van der Waals surface area contributed by atoms with Crippen LogP contribution in [0, 0.1) is 18.7 Å². The topological polar surface area (TPSA) is 44.4 Å². The summed E-state index contributed by atoms with van der Waals surface area (Å²) in [6.45, 7) is 9.49. The average Bonchev–Trinajstić information content (AvgIpc) is 3.10. The van der Waals surface area contributed by atoms with Crippen molar-refractivity contribution in [3.63, 3.8) is 0 Å². The zero-order valence-corrected chi connectivity index (χ0v) is 18.3. The van der Waals surface area contributed by atoms with Crippen LogP contribution in [0.2, 0.25) is 0 Å². The first kappa shape index (κ1) is 22.4. The van der Waals surface area contributed by atoms with E-state index in [1.54, 1.807) is 12.1 Å². The predicted molar refractivity (Wildman–Crippen MR) is 120 cm³/mol. The van der Waals surface area contributed by atoms with Crippen molar-refractivity contribution in [3.8, 4) is 0 Å². The van der Waals surface area contributed by atoms with E-state index >= 15 is 0 Å². The molecular formula is C25H34FN3O. The summed E-state index contributed by atoms with van der Waals surface area (Å²) in [6.07, 6.45) is 1.30. The Balaban J connectivity index is 1.54. The van der Waals surface area contributed by atoms with Crippen LogP contribution in [-0.2, 0) is 17.8 Å². The quantitative estimate of drug-likeness (QED) is 0.662. The summed E-state index contributed by atoms with van der Waals surface area (Å²) in [7, 11) is 0. The Labute approximate surface area is 179 Å². The molecule has 0 unspecified atom stereocenters. The van der Waals surface area contributed by atoms with Gasteiger partial charge in [-0.2, -0.15) is 0 Å². The highest BCUT2D eigenvalue weighted by Crippen LogP contribution is 2.20. The molecule has 162 valence electrons. The fraction of sp³-hybridized carbons (Fsp3) is 0.480. The lowest BCUT2D eigenvalue weighted by molar-refractivity contribution is -0.125. The van der Waals surface area contributed by atoms with Gasteiger partial charge in [-0.25, -0.2) is 4.39 Å². The predicted octanol–water partition coefficient (Wildman–Crippen LogP) is 3.68. The molecule has 2 aromatic rings. The molecule has 0 spiro atoms. The second-order valence-corrected chi connectivity index (χ2v) is 8.80. The number of aryl methyl sites for hydroxylation is 1. The molecular weight excluding hydrogens is 377 g/mol. The third-order valence-corrected chi connectivity index (χ3v) is 5.63. The van der Waals surface area contributed by atoms with Crippen molar-refractivity contribution in [2.75, 3.05) is 19.6 Å². The normalized spacial score (nSPS) is 19.4. The first-order valence-corrected chi connectivity index (χ1v) is 11.0. The van der Waals surface area contributed by atoms with Crippen molar-refractivity contribution in [2.45, 2.75) is 52.2 Å². The Morgan fingerprint density at radius 3 is 2.73 bits per heavy atom. The fourth-order valence-electron chi connectivity index (χ4n) is 4.22. The number of amides is 1. The van der Waals surface area contributed by atoms with Gasteiger partial charge in [-0.15, -0.1) is 0 Å². The number of nitrogens with one attached hydrogen (secondary N) is 2. The van der Waals surface area contributed by atoms with E-state index in [4.69, 9.17) is 0 Å². The molecule has 2 atom stereocenters. The largest absolute Gasteiger partial charge is 0.354 e. The van der Waals surface area contributed by atoms with Crippen LogP contribution in [0.15, 0.2) is 48.5 Å². The molecule has 30 heavy (non-hydrogen) atoms. The molecule has 1 amide bonds. The van der Waals surface area contributed by atoms with Crippen molar-refractivity contribution in [2.24, 2.45) is 5.92 Å². The number of hydrogen-bond acceptors (Lipinski definition) is 3. The van der Waals surface area contributed by atoms with E-state index in [1.165, 1.54) is 17.2 Å². The van der Waals surface area contributed by atoms with Gasteiger partial charge in [-0.05, 0) is 42.9 Å². The first-order valence-electron chi connectivity index (χ1n) is 11.0. The van der Waals surface area contributed by atoms with E-state index in [2.05, 4.69) is 60.6 Å². The van der Waals surface area contributed by atoms with Crippen LogP contribution in [0.3, 0.4) is 0 Å². The standard InChI is InChI=1S/C25H34FN3O/c1-18(2)16-29-17-22(28-15-20-8-6-7-19(3)13-20)14-24(29)25(30)27-12-11-21-9-4-5-10-23(21)26/h4-10,13,18,22,24,28H,11-12,14-17H2,1-3H3,(H,27,30)/t22-,24+/m1/s1. The van der Waals surface area contributed by atoms with Crippen LogP contribution in [0.5, 0.6) is 0 Å². The van der Waals surface area contributed by atoms with Gasteiger partial charge in [0.25, 0.3) is 0 Å². The number of carbonyl (C=O) groups is 1. The van der Waals surface area contributed by atoms with Gasteiger partial charge in [0, 0.05) is 32.2 Å². The summed E-state index contributed by atoms with van der Waals surface area (Å²) >= 11 is 0. The summed E-state index contributed by atoms with van der Waals surface area (Å²) in [5, 5.41) is 6.66. The molecule has 0 aliphatic carbocycles. The minimum Gasteiger partial charge on any atom is -0.354 e. The van der Waals surface area contributed by atoms with Gasteiger partial charge in [0.2, 0.25) is 5.91 Å². The van der Waals surface area contributed by atoms with Gasteiger partial charge in [0.1, 0.15) is 5.82 Å². The number of rotatable bonds is 9. The maximum Gasteiger partial charge on any atom is 0.237 e. The number of halogens is 1. The van der Waals surface area contributed by atoms with Gasteiger partial charge in [0.05, 0.1) is 6.04 Å². The molecule has 1 fully saturated rings. The van der Waals surface area contributed by atoms with Gasteiger partial charge < -0.3 is 10.6 Å². The molecule has 4 nitrogen and oxygen atoms in total. The highest BCUT2D eigenvalue weighted by molar-refractivity contribution is 5.82. The third kappa shape index (κ3) is 6.38. The molecule has 3 rings (SSSR count). The summed E-state index contributed by atoms with van der Waals surface area (Å²) in [4.78, 5) is 15.2. The Bertz CT molecular complexity index is 839. The number of benzene rings is 2. The van der Waals surface area contributed by atoms with Crippen molar-refractivity contribution < 1.29 is 9.18 Å². The lowest BCUT2D eigenvalue weighted by atomic mass is 10.1. The zero-order valence-electron chi connectivity index (χ0n) is 18.3. The van der Waals surface area contributed by atoms with E-state index in [0.717, 1.165) is 26.1 Å². The maximum absolute atomic E-state index is 13.8. The van der Waals surface area contributed by atoms with Crippen LogP contribution in [0.25, 0.3) is 0 Å². The highest BCUT2D eigenvalue weighted by Gasteiger charge is 2.36. The van der Waals surface area contributed by atoms with E-state index in [9.17, 15) is 9.18 Å². The molecule has 0 radical (unpaired) electrons. The number of likely N-dealkylation sites (tertiary alicyclic amines) is 1. The second kappa shape index (κ2) is 10.7. The van der Waals surface area contributed by atoms with Gasteiger partial charge in [0.15, 0.2) is 0 Å². The van der Waals surface area contributed by atoms with E-state index in [0.29, 0.717) is 24.4 Å². The second-order valence-electron chi connectivity index (χ2n) is 8.80. The molecule has 0 saturated carbocycles. The molecule has 1 heterocycles. The zero-order chi connectivity index (χ0) is 21.5. The molecule has 1 aliphatic heterocycles. The number of hydrogen-bond donors (Lipinski definition) is 2. The molecule has 2 aromatic carbocycles. The average molecular weight is 412 g/mol. The Morgan fingerprint density at radius 2 is 2.00 bits per heavy atom. The van der Waals surface area contributed by atoms with Crippen LogP contribution in [0.1, 0.15) is 37.0 Å². The molecule has 1 aliphatic rings. The minimum absolute atomic E-state index is 0.0480. The summed E-state index contributed by atoms with van der Waals surface area (Å²) in [6, 6.07) is 15.4. The third-order valence-electron chi connectivity index (χ3n) is 5.63. The molecule has 0 bridgehead atoms. The molecule has 2 N–H and O–H groups in total. The lowest BCUT2D eigenvalue weighted by Crippen LogP contribution is -2.45. The monoisotopic (exact) mass is 411 g/mol. The smallest absolute Gasteiger partial charge is 0.237 e. The Hall–Kier alpha value is -2.24. The fourth-order valence-corrected chi connectivity index (χ4v) is 4.22. The minimum atomic E-state index is -0.213. The summed E-state index contributed by atoms with van der Waals surface area (Å²) in [5.41, 5.74) is 3.17. The van der Waals surface area contributed by atoms with Crippen LogP contribution < -0.4 is 10.6 Å². The lowest BCUT2D eigenvalue weighted by Gasteiger charge is -2.25. The molecule has 1 saturated heterocycles. The van der Waals surface area contributed by atoms with E-state index in [1.807, 2.05) is 6.07 Å². The van der Waals surface area contributed by atoms with Crippen molar-refractivity contribution in [3.05, 3.63) is 71.0 Å². The van der Waals surface area contributed by atoms with Gasteiger partial charge >= 0.3 is 0 Å². The van der Waals surface area contributed by atoms with Crippen LogP contribution in [0.4, 0.5) is 4.39 Å². The molecule has 5 heteroatoms. The van der Waals surface area contributed by atoms with E-state index < -0.39 is 0 Å². The van der Waals surface area contributed by atoms with Crippen molar-refractivity contribution in [1.29, 1.82) is 0 Å². The van der Waals surface area contributed by atoms with Crippen molar-refractivity contribution >= 4 is 5.91 Å². The van der Waals surface area contributed by atoms with Gasteiger partial charge in [-0.3, -0.25) is 9.69 Å². The number of nitrogens with zero attached hydrogens (tertiary/aromatic N) is 1. The van der Waals surface area contributed by atoms with Gasteiger partial charge in [-0.1, -0.05) is 61.9 Å². The summed E-state index contributed by atoms with van der Waals surface area (Å²) < 4.78 is 13.8. The summed E-state index contributed by atoms with van der Waals surface area (Å²) in [5.74, 6) is 0.329. The van der Waals surface area contributed by atoms with Crippen molar-refractivity contribution in [1.82, 2.24) is 15.5 Å². The Morgan fingerprint density at radius 1 is 1.20 bits per heavy atom. The highest BCUT2D eigenvalue weighted by atomic mass is 19.1. The Kier molecular flexibility index (Phi) is 8.00. The molecule has 0 aromatic heterocycles. The maximum atomic E-state index is 13.8.